The topological polar surface area (TPSA) is 81.9 Å². The van der Waals surface area contributed by atoms with Crippen LogP contribution in [0.5, 0.6) is 0 Å². The van der Waals surface area contributed by atoms with E-state index in [0.717, 1.165) is 6.29 Å². The Morgan fingerprint density at radius 1 is 1.38 bits per heavy atom. The van der Waals surface area contributed by atoms with Gasteiger partial charge in [0.05, 0.1) is 28.3 Å². The molecule has 3 heterocycles. The molecule has 0 N–H and O–H groups in total. The molecule has 6 nitrogen and oxygen atoms in total. The number of pyridine rings is 1. The molecule has 0 amide bonds. The number of carbonyl (C=O) groups is 1. The molecule has 0 spiro atoms. The van der Waals surface area contributed by atoms with Crippen LogP contribution >= 0.6 is 0 Å². The Kier molecular flexibility index (Phi) is 3.16. The van der Waals surface area contributed by atoms with Gasteiger partial charge < -0.3 is 0 Å². The third-order valence-electron chi connectivity index (χ3n) is 3.81. The highest BCUT2D eigenvalue weighted by Gasteiger charge is 2.41. The minimum absolute atomic E-state index is 0.0433. The van der Waals surface area contributed by atoms with Crippen molar-refractivity contribution in [2.24, 2.45) is 0 Å². The molecule has 1 fully saturated rings. The molecule has 3 rings (SSSR count). The van der Waals surface area contributed by atoms with E-state index in [9.17, 15) is 13.2 Å². The molecule has 0 saturated carbocycles. The number of hydrogen-bond acceptors (Lipinski definition) is 5. The van der Waals surface area contributed by atoms with Gasteiger partial charge in [-0.1, -0.05) is 6.07 Å². The molecular weight excluding hydrogens is 290 g/mol. The standard InChI is InChI=1S/C14H15N3O3S/c1-14(5-7-21(19,20)10-14)17-8-11(9-18)13(16-17)12-4-2-3-6-15-12/h2-4,6,8-9H,5,7,10H2,1H3. The van der Waals surface area contributed by atoms with E-state index < -0.39 is 15.4 Å². The number of aldehydes is 1. The Morgan fingerprint density at radius 2 is 2.19 bits per heavy atom. The van der Waals surface area contributed by atoms with Crippen molar-refractivity contribution in [3.05, 3.63) is 36.2 Å². The first kappa shape index (κ1) is 13.9. The molecule has 1 atom stereocenters. The number of sulfone groups is 1. The zero-order valence-corrected chi connectivity index (χ0v) is 12.4. The summed E-state index contributed by atoms with van der Waals surface area (Å²) in [6.07, 6.45) is 4.46. The molecule has 1 aliphatic heterocycles. The van der Waals surface area contributed by atoms with Crippen molar-refractivity contribution in [1.82, 2.24) is 14.8 Å². The largest absolute Gasteiger partial charge is 0.298 e. The SMILES string of the molecule is CC1(n2cc(C=O)c(-c3ccccn3)n2)CCS(=O)(=O)C1. The van der Waals surface area contributed by atoms with Crippen molar-refractivity contribution in [2.45, 2.75) is 18.9 Å². The Labute approximate surface area is 122 Å². The number of nitrogens with zero attached hydrogens (tertiary/aromatic N) is 3. The third-order valence-corrected chi connectivity index (χ3v) is 5.70. The fourth-order valence-electron chi connectivity index (χ4n) is 2.63. The summed E-state index contributed by atoms with van der Waals surface area (Å²) in [4.78, 5) is 15.5. The molecule has 110 valence electrons. The predicted octanol–water partition coefficient (Wildman–Crippen LogP) is 1.29. The molecule has 1 unspecified atom stereocenters. The highest BCUT2D eigenvalue weighted by molar-refractivity contribution is 7.91. The monoisotopic (exact) mass is 305 g/mol. The second-order valence-corrected chi connectivity index (χ2v) is 7.73. The summed E-state index contributed by atoms with van der Waals surface area (Å²) in [6, 6.07) is 5.37. The van der Waals surface area contributed by atoms with E-state index in [4.69, 9.17) is 0 Å². The number of rotatable bonds is 3. The van der Waals surface area contributed by atoms with Crippen LogP contribution in [0.4, 0.5) is 0 Å². The van der Waals surface area contributed by atoms with Crippen LogP contribution in [0.15, 0.2) is 30.6 Å². The fourth-order valence-corrected chi connectivity index (χ4v) is 4.75. The zero-order chi connectivity index (χ0) is 15.1. The lowest BCUT2D eigenvalue weighted by molar-refractivity contribution is 0.112. The Morgan fingerprint density at radius 3 is 2.76 bits per heavy atom. The van der Waals surface area contributed by atoms with E-state index in [2.05, 4.69) is 10.1 Å². The van der Waals surface area contributed by atoms with Gasteiger partial charge in [0.2, 0.25) is 0 Å². The number of carbonyl (C=O) groups excluding carboxylic acids is 1. The summed E-state index contributed by atoms with van der Waals surface area (Å²) in [5.74, 6) is 0.195. The molecule has 1 saturated heterocycles. The maximum Gasteiger partial charge on any atom is 0.153 e. The second-order valence-electron chi connectivity index (χ2n) is 5.55. The van der Waals surface area contributed by atoms with Gasteiger partial charge in [-0.3, -0.25) is 14.5 Å². The van der Waals surface area contributed by atoms with Gasteiger partial charge >= 0.3 is 0 Å². The van der Waals surface area contributed by atoms with Gasteiger partial charge in [0.1, 0.15) is 5.69 Å². The molecule has 1 aliphatic rings. The molecule has 0 radical (unpaired) electrons. The quantitative estimate of drug-likeness (QED) is 0.798. The van der Waals surface area contributed by atoms with Crippen molar-refractivity contribution in [1.29, 1.82) is 0 Å². The van der Waals surface area contributed by atoms with E-state index in [1.54, 1.807) is 29.2 Å². The van der Waals surface area contributed by atoms with E-state index in [0.29, 0.717) is 23.4 Å². The second kappa shape index (κ2) is 4.77. The zero-order valence-electron chi connectivity index (χ0n) is 11.6. The lowest BCUT2D eigenvalue weighted by Crippen LogP contribution is -2.31. The molecule has 0 aromatic carbocycles. The van der Waals surface area contributed by atoms with Crippen LogP contribution < -0.4 is 0 Å². The van der Waals surface area contributed by atoms with Crippen LogP contribution in [0.1, 0.15) is 23.7 Å². The van der Waals surface area contributed by atoms with E-state index >= 15 is 0 Å². The summed E-state index contributed by atoms with van der Waals surface area (Å²) in [5, 5.41) is 4.43. The van der Waals surface area contributed by atoms with Gasteiger partial charge in [-0.25, -0.2) is 8.42 Å². The van der Waals surface area contributed by atoms with Gasteiger partial charge in [0.25, 0.3) is 0 Å². The first-order valence-electron chi connectivity index (χ1n) is 6.61. The molecule has 21 heavy (non-hydrogen) atoms. The molecule has 0 bridgehead atoms. The van der Waals surface area contributed by atoms with Crippen molar-refractivity contribution >= 4 is 16.1 Å². The highest BCUT2D eigenvalue weighted by Crippen LogP contribution is 2.32. The van der Waals surface area contributed by atoms with Gasteiger partial charge in [-0.2, -0.15) is 5.10 Å². The lowest BCUT2D eigenvalue weighted by Gasteiger charge is -2.22. The van der Waals surface area contributed by atoms with Crippen LogP contribution in [0, 0.1) is 0 Å². The maximum absolute atomic E-state index is 11.7. The maximum atomic E-state index is 11.7. The minimum atomic E-state index is -3.04. The van der Waals surface area contributed by atoms with Gasteiger partial charge in [0, 0.05) is 12.4 Å². The van der Waals surface area contributed by atoms with Crippen molar-refractivity contribution in [3.63, 3.8) is 0 Å². The van der Waals surface area contributed by atoms with E-state index in [1.807, 2.05) is 13.0 Å². The fraction of sp³-hybridized carbons (Fsp3) is 0.357. The van der Waals surface area contributed by atoms with Gasteiger partial charge in [-0.05, 0) is 25.5 Å². The first-order chi connectivity index (χ1) is 9.93. The van der Waals surface area contributed by atoms with Crippen molar-refractivity contribution in [3.8, 4) is 11.4 Å². The summed E-state index contributed by atoms with van der Waals surface area (Å²) in [5.41, 5.74) is 0.891. The van der Waals surface area contributed by atoms with Crippen LogP contribution in [0.25, 0.3) is 11.4 Å². The lowest BCUT2D eigenvalue weighted by atomic mass is 10.0. The summed E-state index contributed by atoms with van der Waals surface area (Å²) in [6.45, 7) is 1.85. The van der Waals surface area contributed by atoms with Crippen LogP contribution in [0.2, 0.25) is 0 Å². The van der Waals surface area contributed by atoms with Crippen molar-refractivity contribution < 1.29 is 13.2 Å². The molecular formula is C14H15N3O3S. The van der Waals surface area contributed by atoms with E-state index in [1.165, 1.54) is 0 Å². The van der Waals surface area contributed by atoms with Gasteiger partial charge in [-0.15, -0.1) is 0 Å². The van der Waals surface area contributed by atoms with Crippen LogP contribution in [0.3, 0.4) is 0 Å². The third kappa shape index (κ3) is 2.49. The Hall–Kier alpha value is -2.02. The average Bonchev–Trinajstić information content (AvgIpc) is 3.02. The number of hydrogen-bond donors (Lipinski definition) is 0. The van der Waals surface area contributed by atoms with Gasteiger partial charge in [0.15, 0.2) is 16.1 Å². The smallest absolute Gasteiger partial charge is 0.153 e. The summed E-state index contributed by atoms with van der Waals surface area (Å²) in [7, 11) is -3.04. The summed E-state index contributed by atoms with van der Waals surface area (Å²) >= 11 is 0. The minimum Gasteiger partial charge on any atom is -0.298 e. The summed E-state index contributed by atoms with van der Waals surface area (Å²) < 4.78 is 25.1. The average molecular weight is 305 g/mol. The molecule has 7 heteroatoms. The number of aromatic nitrogens is 3. The molecule has 2 aromatic heterocycles. The molecule has 0 aliphatic carbocycles. The van der Waals surface area contributed by atoms with Crippen LogP contribution in [-0.2, 0) is 15.4 Å². The highest BCUT2D eigenvalue weighted by atomic mass is 32.2. The molecule has 2 aromatic rings. The normalized spacial score (nSPS) is 24.0. The van der Waals surface area contributed by atoms with Crippen molar-refractivity contribution in [2.75, 3.05) is 11.5 Å². The Bertz CT molecular complexity index is 783. The predicted molar refractivity (Wildman–Crippen MR) is 77.8 cm³/mol. The Balaban J connectivity index is 2.07. The first-order valence-corrected chi connectivity index (χ1v) is 8.43. The van der Waals surface area contributed by atoms with Crippen LogP contribution in [-0.4, -0.2) is 41.0 Å². The van der Waals surface area contributed by atoms with E-state index in [-0.39, 0.29) is 11.5 Å².